The predicted molar refractivity (Wildman–Crippen MR) is 72.5 cm³/mol. The Bertz CT molecular complexity index is 435. The van der Waals surface area contributed by atoms with E-state index < -0.39 is 0 Å². The van der Waals surface area contributed by atoms with Gasteiger partial charge in [0.05, 0.1) is 7.11 Å². The summed E-state index contributed by atoms with van der Waals surface area (Å²) in [5, 5.41) is 0. The first-order valence-corrected chi connectivity index (χ1v) is 6.34. The van der Waals surface area contributed by atoms with Crippen LogP contribution in [-0.4, -0.2) is 13.7 Å². The first kappa shape index (κ1) is 12.2. The summed E-state index contributed by atoms with van der Waals surface area (Å²) in [5.41, 5.74) is 11.1. The lowest BCUT2D eigenvalue weighted by Crippen LogP contribution is -2.08. The van der Waals surface area contributed by atoms with Gasteiger partial charge < -0.3 is 10.5 Å². The highest BCUT2D eigenvalue weighted by atomic mass is 16.5. The Balaban J connectivity index is 2.56. The number of hydrogen-bond donors (Lipinski definition) is 1. The summed E-state index contributed by atoms with van der Waals surface area (Å²) < 4.78 is 5.50. The average molecular weight is 231 g/mol. The van der Waals surface area contributed by atoms with Crippen molar-refractivity contribution < 1.29 is 4.74 Å². The summed E-state index contributed by atoms with van der Waals surface area (Å²) in [6, 6.07) is 2.15. The maximum Gasteiger partial charge on any atom is 0.126 e. The summed E-state index contributed by atoms with van der Waals surface area (Å²) in [6.45, 7) is 2.76. The van der Waals surface area contributed by atoms with Crippen LogP contribution in [0.25, 0.3) is 6.08 Å². The summed E-state index contributed by atoms with van der Waals surface area (Å²) in [6.07, 6.45) is 9.07. The van der Waals surface area contributed by atoms with E-state index in [0.29, 0.717) is 6.54 Å². The number of nitrogens with two attached hydrogens (primary N) is 1. The molecule has 92 valence electrons. The highest BCUT2D eigenvalue weighted by Gasteiger charge is 2.17. The van der Waals surface area contributed by atoms with E-state index in [-0.39, 0.29) is 0 Å². The molecule has 0 saturated carbocycles. The molecule has 2 N–H and O–H groups in total. The van der Waals surface area contributed by atoms with Crippen molar-refractivity contribution in [3.8, 4) is 5.75 Å². The van der Waals surface area contributed by atoms with Crippen molar-refractivity contribution >= 4 is 6.08 Å². The zero-order valence-electron chi connectivity index (χ0n) is 10.8. The predicted octanol–water partition coefficient (Wildman–Crippen LogP) is 2.85. The Hall–Kier alpha value is -1.28. The van der Waals surface area contributed by atoms with Crippen LogP contribution in [0.4, 0.5) is 0 Å². The zero-order chi connectivity index (χ0) is 12.3. The normalized spacial score (nSPS) is 15.0. The monoisotopic (exact) mass is 231 g/mol. The third kappa shape index (κ3) is 2.37. The second-order valence-electron chi connectivity index (χ2n) is 4.61. The number of rotatable bonds is 3. The van der Waals surface area contributed by atoms with E-state index in [2.05, 4.69) is 19.1 Å². The van der Waals surface area contributed by atoms with Crippen LogP contribution in [0.2, 0.25) is 0 Å². The van der Waals surface area contributed by atoms with E-state index in [4.69, 9.17) is 10.5 Å². The molecular weight excluding hydrogens is 210 g/mol. The molecule has 0 saturated heterocycles. The lowest BCUT2D eigenvalue weighted by Gasteiger charge is -2.22. The molecule has 1 aliphatic rings. The minimum atomic E-state index is 0.575. The molecule has 0 fully saturated rings. The van der Waals surface area contributed by atoms with E-state index in [1.54, 1.807) is 7.11 Å². The van der Waals surface area contributed by atoms with Crippen LogP contribution >= 0.6 is 0 Å². The van der Waals surface area contributed by atoms with Crippen molar-refractivity contribution in [3.63, 3.8) is 0 Å². The maximum atomic E-state index is 5.55. The molecule has 0 bridgehead atoms. The number of hydrogen-bond acceptors (Lipinski definition) is 2. The molecule has 2 heteroatoms. The fraction of sp³-hybridized carbons (Fsp3) is 0.467. The molecule has 2 nitrogen and oxygen atoms in total. The SMILES string of the molecule is COc1cc(C)c2c(c1/C=C/CN)CCCC2. The summed E-state index contributed by atoms with van der Waals surface area (Å²) in [4.78, 5) is 0. The Kier molecular flexibility index (Phi) is 3.85. The van der Waals surface area contributed by atoms with E-state index in [1.165, 1.54) is 41.5 Å². The highest BCUT2D eigenvalue weighted by Crippen LogP contribution is 2.34. The van der Waals surface area contributed by atoms with Gasteiger partial charge in [0.25, 0.3) is 0 Å². The van der Waals surface area contributed by atoms with Crippen molar-refractivity contribution in [1.29, 1.82) is 0 Å². The van der Waals surface area contributed by atoms with Crippen LogP contribution in [0, 0.1) is 6.92 Å². The number of fused-ring (bicyclic) bond motifs is 1. The summed E-state index contributed by atoms with van der Waals surface area (Å²) in [5.74, 6) is 0.979. The average Bonchev–Trinajstić information content (AvgIpc) is 2.37. The van der Waals surface area contributed by atoms with E-state index in [0.717, 1.165) is 12.2 Å². The lowest BCUT2D eigenvalue weighted by atomic mass is 9.85. The van der Waals surface area contributed by atoms with Gasteiger partial charge in [-0.2, -0.15) is 0 Å². The molecule has 1 aliphatic carbocycles. The van der Waals surface area contributed by atoms with E-state index in [9.17, 15) is 0 Å². The maximum absolute atomic E-state index is 5.55. The van der Waals surface area contributed by atoms with Crippen molar-refractivity contribution in [2.75, 3.05) is 13.7 Å². The smallest absolute Gasteiger partial charge is 0.126 e. The molecule has 0 amide bonds. The Labute approximate surface area is 103 Å². The largest absolute Gasteiger partial charge is 0.496 e. The molecule has 0 atom stereocenters. The molecule has 1 aromatic rings. The van der Waals surface area contributed by atoms with Crippen molar-refractivity contribution in [1.82, 2.24) is 0 Å². The van der Waals surface area contributed by atoms with Gasteiger partial charge in [-0.05, 0) is 55.4 Å². The van der Waals surface area contributed by atoms with Crippen LogP contribution in [-0.2, 0) is 12.8 Å². The molecule has 17 heavy (non-hydrogen) atoms. The Morgan fingerprint density at radius 2 is 2.00 bits per heavy atom. The zero-order valence-corrected chi connectivity index (χ0v) is 10.8. The molecule has 0 heterocycles. The van der Waals surface area contributed by atoms with Gasteiger partial charge >= 0.3 is 0 Å². The van der Waals surface area contributed by atoms with Gasteiger partial charge in [0, 0.05) is 12.1 Å². The van der Waals surface area contributed by atoms with Crippen LogP contribution in [0.5, 0.6) is 5.75 Å². The minimum Gasteiger partial charge on any atom is -0.496 e. The Morgan fingerprint density at radius 3 is 2.65 bits per heavy atom. The van der Waals surface area contributed by atoms with Crippen molar-refractivity contribution in [2.24, 2.45) is 5.73 Å². The molecular formula is C15H21NO. The van der Waals surface area contributed by atoms with Crippen LogP contribution in [0.15, 0.2) is 12.1 Å². The molecule has 0 unspecified atom stereocenters. The molecule has 0 aromatic heterocycles. The molecule has 1 aromatic carbocycles. The van der Waals surface area contributed by atoms with Gasteiger partial charge in [-0.1, -0.05) is 12.2 Å². The van der Waals surface area contributed by atoms with E-state index in [1.807, 2.05) is 6.08 Å². The number of ether oxygens (including phenoxy) is 1. The van der Waals surface area contributed by atoms with Crippen LogP contribution in [0.1, 0.15) is 35.1 Å². The molecule has 2 rings (SSSR count). The second kappa shape index (κ2) is 5.37. The van der Waals surface area contributed by atoms with Crippen molar-refractivity contribution in [2.45, 2.75) is 32.6 Å². The van der Waals surface area contributed by atoms with Gasteiger partial charge in [-0.3, -0.25) is 0 Å². The molecule has 0 aliphatic heterocycles. The minimum absolute atomic E-state index is 0.575. The third-order valence-electron chi connectivity index (χ3n) is 3.52. The quantitative estimate of drug-likeness (QED) is 0.868. The number of methoxy groups -OCH3 is 1. The second-order valence-corrected chi connectivity index (χ2v) is 4.61. The highest BCUT2D eigenvalue weighted by molar-refractivity contribution is 5.65. The lowest BCUT2D eigenvalue weighted by molar-refractivity contribution is 0.412. The number of benzene rings is 1. The van der Waals surface area contributed by atoms with Crippen LogP contribution < -0.4 is 10.5 Å². The first-order valence-electron chi connectivity index (χ1n) is 6.34. The fourth-order valence-corrected chi connectivity index (χ4v) is 2.69. The van der Waals surface area contributed by atoms with Gasteiger partial charge in [-0.25, -0.2) is 0 Å². The standard InChI is InChI=1S/C15H21NO/c1-11-10-15(17-2)14(8-5-9-16)13-7-4-3-6-12(11)13/h5,8,10H,3-4,6-7,9,16H2,1-2H3/b8-5+. The van der Waals surface area contributed by atoms with Gasteiger partial charge in [0.2, 0.25) is 0 Å². The van der Waals surface area contributed by atoms with Gasteiger partial charge in [-0.15, -0.1) is 0 Å². The summed E-state index contributed by atoms with van der Waals surface area (Å²) >= 11 is 0. The fourth-order valence-electron chi connectivity index (χ4n) is 2.69. The Morgan fingerprint density at radius 1 is 1.29 bits per heavy atom. The summed E-state index contributed by atoms with van der Waals surface area (Å²) in [7, 11) is 1.74. The van der Waals surface area contributed by atoms with E-state index >= 15 is 0 Å². The van der Waals surface area contributed by atoms with Crippen LogP contribution in [0.3, 0.4) is 0 Å². The van der Waals surface area contributed by atoms with Gasteiger partial charge in [0.1, 0.15) is 5.75 Å². The van der Waals surface area contributed by atoms with Gasteiger partial charge in [0.15, 0.2) is 0 Å². The number of aryl methyl sites for hydroxylation is 1. The van der Waals surface area contributed by atoms with Crippen molar-refractivity contribution in [3.05, 3.63) is 34.4 Å². The first-order chi connectivity index (χ1) is 8.27. The molecule has 0 radical (unpaired) electrons. The molecule has 0 spiro atoms. The topological polar surface area (TPSA) is 35.2 Å². The third-order valence-corrected chi connectivity index (χ3v) is 3.52.